The van der Waals surface area contributed by atoms with Crippen LogP contribution in [-0.2, 0) is 6.42 Å². The summed E-state index contributed by atoms with van der Waals surface area (Å²) in [5, 5.41) is 0. The summed E-state index contributed by atoms with van der Waals surface area (Å²) in [6, 6.07) is 26.8. The standard InChI is InChI=1S/C30H32/c1-23-7-15-27(16-8-23)29-19-11-25(12-20-29)5-3-4-6-26-13-21-30(22-14-26)28-17-9-24(2)10-18-28/h3,5,7-11,13-19,21-22,25,29H,4,6,12,20H2,1-2H3/b5-3+. The molecule has 3 aromatic rings. The third-order valence-electron chi connectivity index (χ3n) is 6.23. The van der Waals surface area contributed by atoms with Crippen LogP contribution in [0.4, 0.5) is 0 Å². The minimum atomic E-state index is 0.585. The first-order valence-electron chi connectivity index (χ1n) is 11.2. The molecule has 152 valence electrons. The molecule has 0 spiro atoms. The molecule has 0 amide bonds. The largest absolute Gasteiger partial charge is 0.0876 e. The van der Waals surface area contributed by atoms with Gasteiger partial charge in [0.05, 0.1) is 0 Å². The summed E-state index contributed by atoms with van der Waals surface area (Å²) in [7, 11) is 0. The topological polar surface area (TPSA) is 0 Å². The van der Waals surface area contributed by atoms with Crippen LogP contribution in [0.2, 0.25) is 0 Å². The maximum Gasteiger partial charge on any atom is 0.00185 e. The van der Waals surface area contributed by atoms with Gasteiger partial charge in [-0.15, -0.1) is 0 Å². The summed E-state index contributed by atoms with van der Waals surface area (Å²) in [5.74, 6) is 1.18. The molecule has 1 aliphatic carbocycles. The van der Waals surface area contributed by atoms with Gasteiger partial charge in [-0.05, 0) is 67.7 Å². The first-order valence-corrected chi connectivity index (χ1v) is 11.2. The summed E-state index contributed by atoms with van der Waals surface area (Å²) < 4.78 is 0. The van der Waals surface area contributed by atoms with Gasteiger partial charge < -0.3 is 0 Å². The minimum absolute atomic E-state index is 0.585. The molecule has 0 nitrogen and oxygen atoms in total. The van der Waals surface area contributed by atoms with E-state index >= 15 is 0 Å². The fourth-order valence-corrected chi connectivity index (χ4v) is 4.22. The lowest BCUT2D eigenvalue weighted by Gasteiger charge is -2.21. The third kappa shape index (κ3) is 5.39. The maximum absolute atomic E-state index is 2.41. The summed E-state index contributed by atoms with van der Waals surface area (Å²) >= 11 is 0. The van der Waals surface area contributed by atoms with Gasteiger partial charge in [-0.25, -0.2) is 0 Å². The van der Waals surface area contributed by atoms with Gasteiger partial charge in [0.1, 0.15) is 0 Å². The van der Waals surface area contributed by atoms with E-state index in [1.807, 2.05) is 0 Å². The van der Waals surface area contributed by atoms with Crippen molar-refractivity contribution in [2.45, 2.75) is 45.4 Å². The highest BCUT2D eigenvalue weighted by Crippen LogP contribution is 2.31. The van der Waals surface area contributed by atoms with Crippen molar-refractivity contribution in [3.8, 4) is 11.1 Å². The molecule has 0 aliphatic heterocycles. The van der Waals surface area contributed by atoms with Crippen molar-refractivity contribution in [1.29, 1.82) is 0 Å². The molecule has 0 heterocycles. The quantitative estimate of drug-likeness (QED) is 0.371. The van der Waals surface area contributed by atoms with Crippen LogP contribution in [-0.4, -0.2) is 0 Å². The Labute approximate surface area is 182 Å². The van der Waals surface area contributed by atoms with Gasteiger partial charge in [0.2, 0.25) is 0 Å². The lowest BCUT2D eigenvalue weighted by molar-refractivity contribution is 0.580. The van der Waals surface area contributed by atoms with Crippen molar-refractivity contribution in [1.82, 2.24) is 0 Å². The van der Waals surface area contributed by atoms with Gasteiger partial charge in [-0.1, -0.05) is 108 Å². The second kappa shape index (κ2) is 9.76. The normalized spacial score (nSPS) is 18.7. The van der Waals surface area contributed by atoms with Gasteiger partial charge in [0.25, 0.3) is 0 Å². The van der Waals surface area contributed by atoms with Crippen LogP contribution in [0.1, 0.15) is 47.4 Å². The van der Waals surface area contributed by atoms with Crippen LogP contribution < -0.4 is 0 Å². The van der Waals surface area contributed by atoms with E-state index in [0.29, 0.717) is 11.8 Å². The van der Waals surface area contributed by atoms with Gasteiger partial charge in [-0.3, -0.25) is 0 Å². The number of rotatable bonds is 6. The second-order valence-corrected chi connectivity index (χ2v) is 8.67. The summed E-state index contributed by atoms with van der Waals surface area (Å²) in [6.07, 6.45) is 14.3. The Bertz CT molecular complexity index is 985. The molecule has 2 atom stereocenters. The molecule has 2 unspecified atom stereocenters. The second-order valence-electron chi connectivity index (χ2n) is 8.67. The van der Waals surface area contributed by atoms with E-state index in [2.05, 4.69) is 111 Å². The monoisotopic (exact) mass is 392 g/mol. The minimum Gasteiger partial charge on any atom is -0.0876 e. The molecular weight excluding hydrogens is 360 g/mol. The molecule has 0 fully saturated rings. The number of hydrogen-bond acceptors (Lipinski definition) is 0. The van der Waals surface area contributed by atoms with Gasteiger partial charge in [0, 0.05) is 5.92 Å². The molecule has 30 heavy (non-hydrogen) atoms. The van der Waals surface area contributed by atoms with Gasteiger partial charge >= 0.3 is 0 Å². The number of benzene rings is 3. The smallest absolute Gasteiger partial charge is 0.00185 e. The fraction of sp³-hybridized carbons (Fsp3) is 0.267. The Morgan fingerprint density at radius 3 is 1.90 bits per heavy atom. The highest BCUT2D eigenvalue weighted by molar-refractivity contribution is 5.63. The van der Waals surface area contributed by atoms with Crippen LogP contribution in [0, 0.1) is 19.8 Å². The Kier molecular flexibility index (Phi) is 6.64. The van der Waals surface area contributed by atoms with Crippen molar-refractivity contribution in [3.05, 3.63) is 119 Å². The molecule has 1 aliphatic rings. The highest BCUT2D eigenvalue weighted by atomic mass is 14.2. The average molecular weight is 393 g/mol. The first-order chi connectivity index (χ1) is 14.7. The zero-order valence-electron chi connectivity index (χ0n) is 18.2. The number of allylic oxidation sites excluding steroid dienone is 4. The molecule has 4 rings (SSSR count). The van der Waals surface area contributed by atoms with Crippen LogP contribution >= 0.6 is 0 Å². The van der Waals surface area contributed by atoms with Crippen molar-refractivity contribution in [2.75, 3.05) is 0 Å². The fourth-order valence-electron chi connectivity index (χ4n) is 4.22. The lowest BCUT2D eigenvalue weighted by atomic mass is 9.84. The SMILES string of the molecule is Cc1ccc(-c2ccc(CC/C=C/C3C=CC(c4ccc(C)cc4)CC3)cc2)cc1. The Morgan fingerprint density at radius 1 is 0.700 bits per heavy atom. The molecule has 0 saturated heterocycles. The maximum atomic E-state index is 2.41. The van der Waals surface area contributed by atoms with Crippen molar-refractivity contribution < 1.29 is 0 Å². The molecule has 0 aromatic heterocycles. The van der Waals surface area contributed by atoms with Gasteiger partial charge in [-0.2, -0.15) is 0 Å². The van der Waals surface area contributed by atoms with E-state index in [-0.39, 0.29) is 0 Å². The van der Waals surface area contributed by atoms with Crippen molar-refractivity contribution >= 4 is 0 Å². The number of hydrogen-bond donors (Lipinski definition) is 0. The highest BCUT2D eigenvalue weighted by Gasteiger charge is 2.15. The van der Waals surface area contributed by atoms with Crippen molar-refractivity contribution in [2.24, 2.45) is 5.92 Å². The lowest BCUT2D eigenvalue weighted by Crippen LogP contribution is -2.05. The third-order valence-corrected chi connectivity index (χ3v) is 6.23. The van der Waals surface area contributed by atoms with E-state index in [1.165, 1.54) is 46.2 Å². The summed E-state index contributed by atoms with van der Waals surface area (Å²) in [4.78, 5) is 0. The van der Waals surface area contributed by atoms with E-state index in [4.69, 9.17) is 0 Å². The van der Waals surface area contributed by atoms with E-state index in [0.717, 1.165) is 12.8 Å². The predicted molar refractivity (Wildman–Crippen MR) is 130 cm³/mol. The Balaban J connectivity index is 1.26. The Hall–Kier alpha value is -2.86. The molecule has 0 heteroatoms. The molecule has 0 saturated carbocycles. The zero-order chi connectivity index (χ0) is 20.8. The van der Waals surface area contributed by atoms with Crippen LogP contribution in [0.15, 0.2) is 97.1 Å². The Morgan fingerprint density at radius 2 is 1.30 bits per heavy atom. The first kappa shape index (κ1) is 20.4. The van der Waals surface area contributed by atoms with E-state index in [1.54, 1.807) is 0 Å². The average Bonchev–Trinajstić information content (AvgIpc) is 2.79. The summed E-state index contributed by atoms with van der Waals surface area (Å²) in [5.41, 5.74) is 8.09. The summed E-state index contributed by atoms with van der Waals surface area (Å²) in [6.45, 7) is 4.28. The van der Waals surface area contributed by atoms with E-state index < -0.39 is 0 Å². The van der Waals surface area contributed by atoms with Crippen LogP contribution in [0.25, 0.3) is 11.1 Å². The molecule has 0 bridgehead atoms. The number of aryl methyl sites for hydroxylation is 3. The van der Waals surface area contributed by atoms with Crippen LogP contribution in [0.3, 0.4) is 0 Å². The van der Waals surface area contributed by atoms with Crippen molar-refractivity contribution in [3.63, 3.8) is 0 Å². The molecular formula is C30H32. The molecule has 0 N–H and O–H groups in total. The molecule has 3 aromatic carbocycles. The predicted octanol–water partition coefficient (Wildman–Crippen LogP) is 8.21. The van der Waals surface area contributed by atoms with E-state index in [9.17, 15) is 0 Å². The van der Waals surface area contributed by atoms with Crippen LogP contribution in [0.5, 0.6) is 0 Å². The van der Waals surface area contributed by atoms with Gasteiger partial charge in [0.15, 0.2) is 0 Å². The molecule has 0 radical (unpaired) electrons. The zero-order valence-corrected chi connectivity index (χ0v) is 18.2.